The zero-order valence-corrected chi connectivity index (χ0v) is 14.7. The van der Waals surface area contributed by atoms with Crippen molar-refractivity contribution in [3.05, 3.63) is 40.8 Å². The van der Waals surface area contributed by atoms with Crippen LogP contribution in [0.4, 0.5) is 4.79 Å². The van der Waals surface area contributed by atoms with Crippen molar-refractivity contribution >= 4 is 17.4 Å². The van der Waals surface area contributed by atoms with Crippen molar-refractivity contribution in [2.24, 2.45) is 0 Å². The van der Waals surface area contributed by atoms with Crippen LogP contribution in [0.3, 0.4) is 0 Å². The summed E-state index contributed by atoms with van der Waals surface area (Å²) < 4.78 is 11.6. The molecule has 2 heterocycles. The Morgan fingerprint density at radius 2 is 2.16 bits per heavy atom. The molecule has 1 fully saturated rings. The lowest BCUT2D eigenvalue weighted by Gasteiger charge is -2.27. The largest absolute Gasteiger partial charge is 0.486 e. The van der Waals surface area contributed by atoms with Crippen molar-refractivity contribution in [1.82, 2.24) is 15.2 Å². The summed E-state index contributed by atoms with van der Waals surface area (Å²) in [5.74, 6) is 1.56. The number of thiazole rings is 1. The van der Waals surface area contributed by atoms with Gasteiger partial charge in [0, 0.05) is 30.6 Å². The first kappa shape index (κ1) is 16.2. The van der Waals surface area contributed by atoms with Gasteiger partial charge in [-0.05, 0) is 25.0 Å². The average molecular weight is 359 g/mol. The fourth-order valence-corrected chi connectivity index (χ4v) is 3.49. The third kappa shape index (κ3) is 4.04. The fourth-order valence-electron chi connectivity index (χ4n) is 2.88. The Balaban J connectivity index is 1.26. The van der Waals surface area contributed by atoms with Gasteiger partial charge in [0.15, 0.2) is 11.5 Å². The van der Waals surface area contributed by atoms with E-state index in [4.69, 9.17) is 9.47 Å². The highest BCUT2D eigenvalue weighted by Gasteiger charge is 2.33. The number of ether oxygens (including phenoxy) is 2. The molecule has 2 amide bonds. The number of nitrogens with one attached hydrogen (secondary N) is 1. The van der Waals surface area contributed by atoms with Gasteiger partial charge < -0.3 is 19.7 Å². The SMILES string of the molecule is O=C(NCCC1COc2ccccc2O1)N(Cc1nccs1)C1CC1. The van der Waals surface area contributed by atoms with Crippen LogP contribution in [-0.2, 0) is 6.54 Å². The Morgan fingerprint density at radius 1 is 1.32 bits per heavy atom. The van der Waals surface area contributed by atoms with Gasteiger partial charge in [0.05, 0.1) is 6.54 Å². The van der Waals surface area contributed by atoms with E-state index in [1.54, 1.807) is 17.5 Å². The van der Waals surface area contributed by atoms with Gasteiger partial charge in [-0.2, -0.15) is 0 Å². The lowest BCUT2D eigenvalue weighted by atomic mass is 10.2. The highest BCUT2D eigenvalue weighted by atomic mass is 32.1. The molecule has 132 valence electrons. The third-order valence-electron chi connectivity index (χ3n) is 4.35. The summed E-state index contributed by atoms with van der Waals surface area (Å²) in [6, 6.07) is 8.00. The van der Waals surface area contributed by atoms with Gasteiger partial charge in [0.25, 0.3) is 0 Å². The van der Waals surface area contributed by atoms with Gasteiger partial charge in [-0.3, -0.25) is 0 Å². The van der Waals surface area contributed by atoms with E-state index >= 15 is 0 Å². The number of benzene rings is 1. The van der Waals surface area contributed by atoms with Crippen LogP contribution in [0.15, 0.2) is 35.8 Å². The summed E-state index contributed by atoms with van der Waals surface area (Å²) in [4.78, 5) is 18.7. The molecule has 7 heteroatoms. The first-order chi connectivity index (χ1) is 12.3. The number of urea groups is 1. The maximum absolute atomic E-state index is 12.5. The second-order valence-corrected chi connectivity index (χ2v) is 7.28. The number of aromatic nitrogens is 1. The van der Waals surface area contributed by atoms with Crippen molar-refractivity contribution in [3.63, 3.8) is 0 Å². The van der Waals surface area contributed by atoms with E-state index in [9.17, 15) is 4.79 Å². The maximum atomic E-state index is 12.5. The molecule has 1 atom stereocenters. The molecule has 1 unspecified atom stereocenters. The summed E-state index contributed by atoms with van der Waals surface area (Å²) in [5.41, 5.74) is 0. The van der Waals surface area contributed by atoms with Gasteiger partial charge in [0.2, 0.25) is 0 Å². The molecule has 0 bridgehead atoms. The van der Waals surface area contributed by atoms with Crippen LogP contribution in [-0.4, -0.2) is 41.2 Å². The lowest BCUT2D eigenvalue weighted by molar-refractivity contribution is 0.0848. The minimum atomic E-state index is -0.0384. The molecule has 1 aromatic carbocycles. The van der Waals surface area contributed by atoms with Crippen molar-refractivity contribution in [2.75, 3.05) is 13.2 Å². The monoisotopic (exact) mass is 359 g/mol. The number of nitrogens with zero attached hydrogens (tertiary/aromatic N) is 2. The van der Waals surface area contributed by atoms with Gasteiger partial charge in [-0.1, -0.05) is 12.1 Å². The molecule has 1 N–H and O–H groups in total. The highest BCUT2D eigenvalue weighted by Crippen LogP contribution is 2.31. The molecule has 1 aliphatic carbocycles. The zero-order valence-electron chi connectivity index (χ0n) is 13.9. The standard InChI is InChI=1S/C18H21N3O3S/c22-18(21(13-5-6-13)11-17-19-9-10-25-17)20-8-7-14-12-23-15-3-1-2-4-16(15)24-14/h1-4,9-10,13-14H,5-8,11-12H2,(H,20,22). The molecule has 1 aromatic heterocycles. The molecule has 2 aromatic rings. The molecule has 6 nitrogen and oxygen atoms in total. The second-order valence-electron chi connectivity index (χ2n) is 6.30. The molecule has 0 saturated heterocycles. The molecular weight excluding hydrogens is 338 g/mol. The average Bonchev–Trinajstić information content (AvgIpc) is 3.35. The van der Waals surface area contributed by atoms with Crippen LogP contribution < -0.4 is 14.8 Å². The number of hydrogen-bond acceptors (Lipinski definition) is 5. The predicted molar refractivity (Wildman–Crippen MR) is 95.0 cm³/mol. The van der Waals surface area contributed by atoms with Gasteiger partial charge >= 0.3 is 6.03 Å². The molecule has 1 saturated carbocycles. The Morgan fingerprint density at radius 3 is 2.92 bits per heavy atom. The zero-order chi connectivity index (χ0) is 17.1. The van der Waals surface area contributed by atoms with Crippen LogP contribution >= 0.6 is 11.3 Å². The Labute approximate surface area is 150 Å². The van der Waals surface area contributed by atoms with Crippen LogP contribution in [0.2, 0.25) is 0 Å². The molecule has 0 spiro atoms. The van der Waals surface area contributed by atoms with E-state index in [0.717, 1.165) is 35.8 Å². The van der Waals surface area contributed by atoms with Crippen molar-refractivity contribution in [1.29, 1.82) is 0 Å². The van der Waals surface area contributed by atoms with Crippen LogP contribution in [0, 0.1) is 0 Å². The number of hydrogen-bond donors (Lipinski definition) is 1. The summed E-state index contributed by atoms with van der Waals surface area (Å²) in [7, 11) is 0. The van der Waals surface area contributed by atoms with Crippen molar-refractivity contribution in [3.8, 4) is 11.5 Å². The molecule has 4 rings (SSSR count). The summed E-state index contributed by atoms with van der Waals surface area (Å²) >= 11 is 1.58. The number of amides is 2. The number of para-hydroxylation sites is 2. The second kappa shape index (κ2) is 7.31. The summed E-state index contributed by atoms with van der Waals surface area (Å²) in [6.45, 7) is 1.67. The van der Waals surface area contributed by atoms with E-state index < -0.39 is 0 Å². The first-order valence-corrected chi connectivity index (χ1v) is 9.49. The van der Waals surface area contributed by atoms with Crippen LogP contribution in [0.25, 0.3) is 0 Å². The summed E-state index contributed by atoms with van der Waals surface area (Å²) in [6.07, 6.45) is 4.62. The molecule has 1 aliphatic heterocycles. The molecular formula is C18H21N3O3S. The molecule has 2 aliphatic rings. The van der Waals surface area contributed by atoms with Crippen LogP contribution in [0.1, 0.15) is 24.3 Å². The van der Waals surface area contributed by atoms with Gasteiger partial charge in [-0.25, -0.2) is 9.78 Å². The normalized spacial score (nSPS) is 18.6. The number of carbonyl (C=O) groups excluding carboxylic acids is 1. The van der Waals surface area contributed by atoms with Gasteiger partial charge in [0.1, 0.15) is 17.7 Å². The van der Waals surface area contributed by atoms with E-state index in [-0.39, 0.29) is 12.1 Å². The van der Waals surface area contributed by atoms with Crippen LogP contribution in [0.5, 0.6) is 11.5 Å². The molecule has 0 radical (unpaired) electrons. The minimum Gasteiger partial charge on any atom is -0.486 e. The number of rotatable bonds is 6. The molecule has 25 heavy (non-hydrogen) atoms. The summed E-state index contributed by atoms with van der Waals surface area (Å²) in [5, 5.41) is 5.93. The maximum Gasteiger partial charge on any atom is 0.318 e. The minimum absolute atomic E-state index is 0.0187. The predicted octanol–water partition coefficient (Wildman–Crippen LogP) is 3.05. The third-order valence-corrected chi connectivity index (χ3v) is 5.11. The van der Waals surface area contributed by atoms with E-state index in [1.165, 1.54) is 0 Å². The topological polar surface area (TPSA) is 63.7 Å². The Bertz CT molecular complexity index is 718. The quantitative estimate of drug-likeness (QED) is 0.861. The van der Waals surface area contributed by atoms with Gasteiger partial charge in [-0.15, -0.1) is 11.3 Å². The van der Waals surface area contributed by atoms with Crippen molar-refractivity contribution in [2.45, 2.75) is 38.0 Å². The van der Waals surface area contributed by atoms with E-state index in [2.05, 4.69) is 10.3 Å². The van der Waals surface area contributed by atoms with E-state index in [0.29, 0.717) is 25.7 Å². The van der Waals surface area contributed by atoms with E-state index in [1.807, 2.05) is 34.5 Å². The number of fused-ring (bicyclic) bond motifs is 1. The van der Waals surface area contributed by atoms with Crippen molar-refractivity contribution < 1.29 is 14.3 Å². The number of carbonyl (C=O) groups is 1. The highest BCUT2D eigenvalue weighted by molar-refractivity contribution is 7.09. The lowest BCUT2D eigenvalue weighted by Crippen LogP contribution is -2.42. The fraction of sp³-hybridized carbons (Fsp3) is 0.444. The smallest absolute Gasteiger partial charge is 0.318 e. The Kier molecular flexibility index (Phi) is 4.74. The first-order valence-electron chi connectivity index (χ1n) is 8.61. The Hall–Kier alpha value is -2.28.